The molecule has 0 fully saturated rings. The molecule has 0 radical (unpaired) electrons. The van der Waals surface area contributed by atoms with Crippen molar-refractivity contribution >= 4 is 5.96 Å². The molecule has 3 N–H and O–H groups in total. The molecule has 2 aromatic heterocycles. The molecule has 6 heteroatoms. The van der Waals surface area contributed by atoms with Crippen molar-refractivity contribution in [2.75, 3.05) is 6.54 Å². The molecular formula is C18H28N6. The number of guanidine groups is 1. The van der Waals surface area contributed by atoms with E-state index in [9.17, 15) is 0 Å². The number of hydrogen-bond donors (Lipinski definition) is 2. The minimum absolute atomic E-state index is 0.504. The molecule has 130 valence electrons. The second-order valence-corrected chi connectivity index (χ2v) is 5.89. The fraction of sp³-hybridized carbons (Fsp3) is 0.500. The number of aliphatic imine (C=N–C) groups is 1. The SMILES string of the molecule is CCCCCCCCNC(N)=NCc1ccnc(-n2ccnc2)c1. The van der Waals surface area contributed by atoms with Crippen molar-refractivity contribution in [2.24, 2.45) is 10.7 Å². The molecule has 0 amide bonds. The molecule has 0 aliphatic heterocycles. The number of pyridine rings is 1. The van der Waals surface area contributed by atoms with Crippen LogP contribution in [-0.4, -0.2) is 27.0 Å². The summed E-state index contributed by atoms with van der Waals surface area (Å²) in [6.45, 7) is 3.66. The second-order valence-electron chi connectivity index (χ2n) is 5.89. The van der Waals surface area contributed by atoms with Gasteiger partial charge in [-0.2, -0.15) is 0 Å². The smallest absolute Gasteiger partial charge is 0.188 e. The third-order valence-corrected chi connectivity index (χ3v) is 3.85. The molecule has 0 bridgehead atoms. The van der Waals surface area contributed by atoms with Crippen LogP contribution in [0.1, 0.15) is 51.0 Å². The van der Waals surface area contributed by atoms with E-state index in [1.807, 2.05) is 22.9 Å². The number of unbranched alkanes of at least 4 members (excludes halogenated alkanes) is 5. The lowest BCUT2D eigenvalue weighted by Gasteiger charge is -2.06. The first-order chi connectivity index (χ1) is 11.8. The Kier molecular flexibility index (Phi) is 7.80. The second kappa shape index (κ2) is 10.4. The molecule has 0 aliphatic rings. The van der Waals surface area contributed by atoms with Crippen LogP contribution in [0.25, 0.3) is 5.82 Å². The first kappa shape index (κ1) is 18.0. The van der Waals surface area contributed by atoms with Crippen LogP contribution in [-0.2, 0) is 6.54 Å². The van der Waals surface area contributed by atoms with E-state index in [0.717, 1.165) is 24.3 Å². The quantitative estimate of drug-likeness (QED) is 0.399. The van der Waals surface area contributed by atoms with Crippen molar-refractivity contribution in [3.8, 4) is 5.82 Å². The number of nitrogens with two attached hydrogens (primary N) is 1. The topological polar surface area (TPSA) is 81.1 Å². The van der Waals surface area contributed by atoms with Gasteiger partial charge in [-0.05, 0) is 24.1 Å². The van der Waals surface area contributed by atoms with Gasteiger partial charge >= 0.3 is 0 Å². The summed E-state index contributed by atoms with van der Waals surface area (Å²) in [5, 5.41) is 3.18. The Labute approximate surface area is 144 Å². The number of hydrogen-bond acceptors (Lipinski definition) is 3. The van der Waals surface area contributed by atoms with Crippen LogP contribution >= 0.6 is 0 Å². The Balaban J connectivity index is 1.71. The zero-order valence-electron chi connectivity index (χ0n) is 14.5. The third-order valence-electron chi connectivity index (χ3n) is 3.85. The number of rotatable bonds is 10. The van der Waals surface area contributed by atoms with E-state index in [1.165, 1.54) is 32.1 Å². The Morgan fingerprint density at radius 2 is 2.04 bits per heavy atom. The standard InChI is InChI=1S/C18H28N6/c1-2-3-4-5-6-7-9-22-18(19)23-14-16-8-10-21-17(13-16)24-12-11-20-15-24/h8,10-13,15H,2-7,9,14H2,1H3,(H3,19,22,23). The van der Waals surface area contributed by atoms with Crippen LogP contribution in [0, 0.1) is 0 Å². The first-order valence-electron chi connectivity index (χ1n) is 8.76. The molecule has 0 unspecified atom stereocenters. The summed E-state index contributed by atoms with van der Waals surface area (Å²) in [6.07, 6.45) is 14.8. The lowest BCUT2D eigenvalue weighted by atomic mass is 10.1. The summed E-state index contributed by atoms with van der Waals surface area (Å²) in [4.78, 5) is 12.8. The summed E-state index contributed by atoms with van der Waals surface area (Å²) in [5.74, 6) is 1.34. The largest absolute Gasteiger partial charge is 0.370 e. The minimum Gasteiger partial charge on any atom is -0.370 e. The molecule has 0 aliphatic carbocycles. The maximum Gasteiger partial charge on any atom is 0.188 e. The van der Waals surface area contributed by atoms with E-state index in [2.05, 4.69) is 27.2 Å². The highest BCUT2D eigenvalue weighted by Crippen LogP contribution is 2.08. The van der Waals surface area contributed by atoms with Gasteiger partial charge in [-0.15, -0.1) is 0 Å². The zero-order chi connectivity index (χ0) is 17.0. The predicted molar refractivity (Wildman–Crippen MR) is 98.1 cm³/mol. The van der Waals surface area contributed by atoms with Crippen molar-refractivity contribution in [2.45, 2.75) is 52.0 Å². The van der Waals surface area contributed by atoms with Crippen LogP contribution < -0.4 is 11.1 Å². The molecule has 0 spiro atoms. The number of nitrogens with one attached hydrogen (secondary N) is 1. The zero-order valence-corrected chi connectivity index (χ0v) is 14.5. The van der Waals surface area contributed by atoms with Crippen molar-refractivity contribution < 1.29 is 0 Å². The van der Waals surface area contributed by atoms with Crippen LogP contribution in [0.5, 0.6) is 0 Å². The molecule has 2 rings (SSSR count). The molecule has 2 heterocycles. The number of aromatic nitrogens is 3. The van der Waals surface area contributed by atoms with Gasteiger partial charge in [0, 0.05) is 25.1 Å². The van der Waals surface area contributed by atoms with Gasteiger partial charge in [0.15, 0.2) is 5.96 Å². The maximum absolute atomic E-state index is 5.92. The highest BCUT2D eigenvalue weighted by atomic mass is 15.1. The highest BCUT2D eigenvalue weighted by Gasteiger charge is 1.99. The van der Waals surface area contributed by atoms with E-state index in [0.29, 0.717) is 12.5 Å². The van der Waals surface area contributed by atoms with E-state index < -0.39 is 0 Å². The number of imidazole rings is 1. The first-order valence-corrected chi connectivity index (χ1v) is 8.76. The lowest BCUT2D eigenvalue weighted by Crippen LogP contribution is -2.32. The lowest BCUT2D eigenvalue weighted by molar-refractivity contribution is 0.601. The molecule has 0 aromatic carbocycles. The fourth-order valence-electron chi connectivity index (χ4n) is 2.45. The van der Waals surface area contributed by atoms with Gasteiger partial charge in [0.25, 0.3) is 0 Å². The third kappa shape index (κ3) is 6.40. The van der Waals surface area contributed by atoms with Gasteiger partial charge in [0.2, 0.25) is 0 Å². The molecule has 0 atom stereocenters. The van der Waals surface area contributed by atoms with Crippen molar-refractivity contribution in [3.05, 3.63) is 42.6 Å². The summed E-state index contributed by atoms with van der Waals surface area (Å²) in [5.41, 5.74) is 6.99. The molecule has 24 heavy (non-hydrogen) atoms. The monoisotopic (exact) mass is 328 g/mol. The average molecular weight is 328 g/mol. The van der Waals surface area contributed by atoms with Crippen LogP contribution in [0.4, 0.5) is 0 Å². The molecule has 0 saturated heterocycles. The Hall–Kier alpha value is -2.37. The van der Waals surface area contributed by atoms with Crippen LogP contribution in [0.3, 0.4) is 0 Å². The fourth-order valence-corrected chi connectivity index (χ4v) is 2.45. The van der Waals surface area contributed by atoms with Gasteiger partial charge in [-0.25, -0.2) is 15.0 Å². The van der Waals surface area contributed by atoms with Gasteiger partial charge in [-0.1, -0.05) is 39.0 Å². The maximum atomic E-state index is 5.92. The van der Waals surface area contributed by atoms with Crippen LogP contribution in [0.15, 0.2) is 42.0 Å². The molecule has 0 saturated carbocycles. The van der Waals surface area contributed by atoms with E-state index in [4.69, 9.17) is 5.73 Å². The minimum atomic E-state index is 0.504. The summed E-state index contributed by atoms with van der Waals surface area (Å²) < 4.78 is 1.87. The Morgan fingerprint density at radius 3 is 2.83 bits per heavy atom. The summed E-state index contributed by atoms with van der Waals surface area (Å²) >= 11 is 0. The van der Waals surface area contributed by atoms with E-state index in [1.54, 1.807) is 18.7 Å². The summed E-state index contributed by atoms with van der Waals surface area (Å²) in [6, 6.07) is 3.94. The number of nitrogens with zero attached hydrogens (tertiary/aromatic N) is 4. The van der Waals surface area contributed by atoms with Gasteiger partial charge in [0.1, 0.15) is 12.1 Å². The van der Waals surface area contributed by atoms with Crippen LogP contribution in [0.2, 0.25) is 0 Å². The van der Waals surface area contributed by atoms with E-state index in [-0.39, 0.29) is 0 Å². The summed E-state index contributed by atoms with van der Waals surface area (Å²) in [7, 11) is 0. The van der Waals surface area contributed by atoms with E-state index >= 15 is 0 Å². The molecule has 2 aromatic rings. The molecular weight excluding hydrogens is 300 g/mol. The van der Waals surface area contributed by atoms with Gasteiger partial charge in [0.05, 0.1) is 6.54 Å². The highest BCUT2D eigenvalue weighted by molar-refractivity contribution is 5.77. The molecule has 6 nitrogen and oxygen atoms in total. The Bertz CT molecular complexity index is 606. The van der Waals surface area contributed by atoms with Gasteiger partial charge in [-0.3, -0.25) is 4.57 Å². The Morgan fingerprint density at radius 1 is 1.21 bits per heavy atom. The van der Waals surface area contributed by atoms with Crippen molar-refractivity contribution in [1.29, 1.82) is 0 Å². The average Bonchev–Trinajstić information content (AvgIpc) is 3.14. The van der Waals surface area contributed by atoms with Crippen molar-refractivity contribution in [1.82, 2.24) is 19.9 Å². The predicted octanol–water partition coefficient (Wildman–Crippen LogP) is 3.03. The van der Waals surface area contributed by atoms with Crippen molar-refractivity contribution in [3.63, 3.8) is 0 Å². The van der Waals surface area contributed by atoms with Gasteiger partial charge < -0.3 is 11.1 Å². The normalized spacial score (nSPS) is 11.6.